The van der Waals surface area contributed by atoms with Crippen molar-refractivity contribution >= 4 is 0 Å². The van der Waals surface area contributed by atoms with Crippen LogP contribution in [0.2, 0.25) is 0 Å². The molecule has 1 saturated heterocycles. The van der Waals surface area contributed by atoms with Crippen molar-refractivity contribution in [3.8, 4) is 6.07 Å². The number of piperidine rings is 1. The highest BCUT2D eigenvalue weighted by molar-refractivity contribution is 5.03. The van der Waals surface area contributed by atoms with Crippen LogP contribution in [-0.4, -0.2) is 18.8 Å². The van der Waals surface area contributed by atoms with E-state index in [-0.39, 0.29) is 6.54 Å². The summed E-state index contributed by atoms with van der Waals surface area (Å²) in [5.41, 5.74) is -1.59. The fraction of sp³-hybridized carbons (Fsp3) is 0.833. The first-order valence-electron chi connectivity index (χ1n) is 3.08. The van der Waals surface area contributed by atoms with Gasteiger partial charge in [-0.25, -0.2) is 4.39 Å². The van der Waals surface area contributed by atoms with Gasteiger partial charge >= 0.3 is 0 Å². The predicted octanol–water partition coefficient (Wildman–Crippen LogP) is 0.602. The zero-order chi connectivity index (χ0) is 6.74. The quantitative estimate of drug-likeness (QED) is 0.518. The van der Waals surface area contributed by atoms with Gasteiger partial charge in [0.25, 0.3) is 0 Å². The second kappa shape index (κ2) is 2.32. The van der Waals surface area contributed by atoms with Crippen LogP contribution in [0.4, 0.5) is 4.39 Å². The lowest BCUT2D eigenvalue weighted by Gasteiger charge is -2.22. The summed E-state index contributed by atoms with van der Waals surface area (Å²) in [6.45, 7) is 1.04. The Balaban J connectivity index is 2.49. The third-order valence-electron chi connectivity index (χ3n) is 1.53. The van der Waals surface area contributed by atoms with E-state index in [1.165, 1.54) is 0 Å². The van der Waals surface area contributed by atoms with Crippen molar-refractivity contribution in [2.45, 2.75) is 18.5 Å². The van der Waals surface area contributed by atoms with Crippen LogP contribution in [0.15, 0.2) is 0 Å². The first-order chi connectivity index (χ1) is 4.27. The Morgan fingerprint density at radius 1 is 1.67 bits per heavy atom. The minimum atomic E-state index is -1.59. The van der Waals surface area contributed by atoms with Crippen LogP contribution in [0, 0.1) is 11.3 Å². The number of halogens is 1. The van der Waals surface area contributed by atoms with Gasteiger partial charge in [-0.15, -0.1) is 0 Å². The first-order valence-corrected chi connectivity index (χ1v) is 3.08. The molecule has 1 fully saturated rings. The van der Waals surface area contributed by atoms with E-state index in [0.29, 0.717) is 6.42 Å². The van der Waals surface area contributed by atoms with Crippen molar-refractivity contribution < 1.29 is 4.39 Å². The van der Waals surface area contributed by atoms with Crippen molar-refractivity contribution in [3.63, 3.8) is 0 Å². The largest absolute Gasteiger partial charge is 0.313 e. The van der Waals surface area contributed by atoms with Gasteiger partial charge in [0.05, 0.1) is 0 Å². The van der Waals surface area contributed by atoms with Crippen LogP contribution in [0.5, 0.6) is 0 Å². The van der Waals surface area contributed by atoms with Crippen molar-refractivity contribution in [1.82, 2.24) is 5.32 Å². The SMILES string of the molecule is N#C[C@@]1(F)CCCNC1. The van der Waals surface area contributed by atoms with Crippen LogP contribution in [0.3, 0.4) is 0 Å². The van der Waals surface area contributed by atoms with Crippen LogP contribution >= 0.6 is 0 Å². The Kier molecular flexibility index (Phi) is 1.68. The second-order valence-electron chi connectivity index (χ2n) is 2.36. The van der Waals surface area contributed by atoms with Crippen molar-refractivity contribution in [1.29, 1.82) is 5.26 Å². The standard InChI is InChI=1S/C6H9FN2/c7-6(4-8)2-1-3-9-5-6/h9H,1-3,5H2/t6-/m0/s1. The first kappa shape index (κ1) is 6.50. The smallest absolute Gasteiger partial charge is 0.208 e. The molecule has 0 spiro atoms. The molecular formula is C6H9FN2. The zero-order valence-corrected chi connectivity index (χ0v) is 5.15. The molecule has 1 aliphatic rings. The zero-order valence-electron chi connectivity index (χ0n) is 5.15. The molecule has 0 aromatic carbocycles. The van der Waals surface area contributed by atoms with E-state index in [1.807, 2.05) is 0 Å². The van der Waals surface area contributed by atoms with E-state index in [1.54, 1.807) is 6.07 Å². The number of hydrogen-bond acceptors (Lipinski definition) is 2. The fourth-order valence-corrected chi connectivity index (χ4v) is 0.964. The fourth-order valence-electron chi connectivity index (χ4n) is 0.964. The summed E-state index contributed by atoms with van der Waals surface area (Å²) in [6, 6.07) is 1.65. The summed E-state index contributed by atoms with van der Waals surface area (Å²) in [7, 11) is 0. The number of nitriles is 1. The van der Waals surface area contributed by atoms with Crippen molar-refractivity contribution in [3.05, 3.63) is 0 Å². The van der Waals surface area contributed by atoms with E-state index < -0.39 is 5.67 Å². The Morgan fingerprint density at radius 3 is 2.78 bits per heavy atom. The lowest BCUT2D eigenvalue weighted by molar-refractivity contribution is 0.187. The molecule has 0 aromatic rings. The molecule has 2 nitrogen and oxygen atoms in total. The minimum Gasteiger partial charge on any atom is -0.313 e. The van der Waals surface area contributed by atoms with Gasteiger partial charge < -0.3 is 5.32 Å². The van der Waals surface area contributed by atoms with Gasteiger partial charge in [0, 0.05) is 6.54 Å². The molecule has 9 heavy (non-hydrogen) atoms. The number of rotatable bonds is 0. The summed E-state index contributed by atoms with van der Waals surface area (Å²) in [5, 5.41) is 11.1. The number of nitrogens with zero attached hydrogens (tertiary/aromatic N) is 1. The molecule has 0 unspecified atom stereocenters. The maximum absolute atomic E-state index is 12.9. The minimum absolute atomic E-state index is 0.198. The van der Waals surface area contributed by atoms with E-state index in [4.69, 9.17) is 5.26 Å². The molecule has 0 aromatic heterocycles. The average molecular weight is 128 g/mol. The molecular weight excluding hydrogens is 119 g/mol. The molecule has 1 heterocycles. The molecule has 1 atom stereocenters. The van der Waals surface area contributed by atoms with Crippen molar-refractivity contribution in [2.75, 3.05) is 13.1 Å². The Morgan fingerprint density at radius 2 is 2.44 bits per heavy atom. The van der Waals surface area contributed by atoms with Crippen LogP contribution in [0.1, 0.15) is 12.8 Å². The molecule has 0 aliphatic carbocycles. The maximum atomic E-state index is 12.9. The van der Waals surface area contributed by atoms with E-state index >= 15 is 0 Å². The number of hydrogen-bond donors (Lipinski definition) is 1. The highest BCUT2D eigenvalue weighted by atomic mass is 19.1. The molecule has 0 saturated carbocycles. The third kappa shape index (κ3) is 1.39. The van der Waals surface area contributed by atoms with E-state index in [0.717, 1.165) is 13.0 Å². The predicted molar refractivity (Wildman–Crippen MR) is 31.6 cm³/mol. The summed E-state index contributed by atoms with van der Waals surface area (Å²) in [5.74, 6) is 0. The Bertz CT molecular complexity index is 132. The third-order valence-corrected chi connectivity index (χ3v) is 1.53. The second-order valence-corrected chi connectivity index (χ2v) is 2.36. The summed E-state index contributed by atoms with van der Waals surface area (Å²) < 4.78 is 12.9. The van der Waals surface area contributed by atoms with Gasteiger partial charge in [0.1, 0.15) is 6.07 Å². The van der Waals surface area contributed by atoms with Gasteiger partial charge in [-0.2, -0.15) is 5.26 Å². The lowest BCUT2D eigenvalue weighted by Crippen LogP contribution is -2.40. The maximum Gasteiger partial charge on any atom is 0.208 e. The monoisotopic (exact) mass is 128 g/mol. The van der Waals surface area contributed by atoms with Crippen molar-refractivity contribution in [2.24, 2.45) is 0 Å². The van der Waals surface area contributed by atoms with Gasteiger partial charge in [0.15, 0.2) is 0 Å². The number of nitrogens with one attached hydrogen (secondary N) is 1. The summed E-state index contributed by atoms with van der Waals surface area (Å²) >= 11 is 0. The molecule has 3 heteroatoms. The van der Waals surface area contributed by atoms with Gasteiger partial charge in [-0.05, 0) is 19.4 Å². The Hall–Kier alpha value is -0.620. The van der Waals surface area contributed by atoms with Gasteiger partial charge in [0.2, 0.25) is 5.67 Å². The van der Waals surface area contributed by atoms with E-state index in [2.05, 4.69) is 5.32 Å². The molecule has 0 amide bonds. The van der Waals surface area contributed by atoms with Crippen LogP contribution in [-0.2, 0) is 0 Å². The normalized spacial score (nSPS) is 35.6. The van der Waals surface area contributed by atoms with Gasteiger partial charge in [-0.1, -0.05) is 0 Å². The van der Waals surface area contributed by atoms with Crippen LogP contribution < -0.4 is 5.32 Å². The van der Waals surface area contributed by atoms with E-state index in [9.17, 15) is 4.39 Å². The summed E-state index contributed by atoms with van der Waals surface area (Å²) in [4.78, 5) is 0. The number of alkyl halides is 1. The highest BCUT2D eigenvalue weighted by Gasteiger charge is 2.30. The topological polar surface area (TPSA) is 35.8 Å². The molecule has 1 aliphatic heterocycles. The molecule has 50 valence electrons. The Labute approximate surface area is 53.7 Å². The molecule has 1 N–H and O–H groups in total. The molecule has 0 radical (unpaired) electrons. The lowest BCUT2D eigenvalue weighted by atomic mass is 9.98. The highest BCUT2D eigenvalue weighted by Crippen LogP contribution is 2.18. The summed E-state index contributed by atoms with van der Waals surface area (Å²) in [6.07, 6.45) is 1.15. The molecule has 0 bridgehead atoms. The average Bonchev–Trinajstić information content (AvgIpc) is 1.90. The molecule has 1 rings (SSSR count). The van der Waals surface area contributed by atoms with Gasteiger partial charge in [-0.3, -0.25) is 0 Å². The van der Waals surface area contributed by atoms with Crippen LogP contribution in [0.25, 0.3) is 0 Å².